The summed E-state index contributed by atoms with van der Waals surface area (Å²) < 4.78 is 12.8. The maximum Gasteiger partial charge on any atom is 0.329 e. The summed E-state index contributed by atoms with van der Waals surface area (Å²) in [6.07, 6.45) is -2.05. The molecule has 64 heavy (non-hydrogen) atoms. The van der Waals surface area contributed by atoms with Crippen molar-refractivity contribution in [2.75, 3.05) is 24.7 Å². The maximum atomic E-state index is 16.4. The van der Waals surface area contributed by atoms with Gasteiger partial charge in [0.2, 0.25) is 11.8 Å². The molecule has 0 saturated carbocycles. The van der Waals surface area contributed by atoms with Crippen LogP contribution in [0.1, 0.15) is 70.6 Å². The Morgan fingerprint density at radius 3 is 1.98 bits per heavy atom. The standard InChI is InChI=1S/C52H48N4O8/c1-33(34-18-6-2-7-19-34)54-51(62)55-40-28-16-15-27-39(40)52(50(55)61)43(48(59)53-32-41(58)35-20-8-3-9-21-35)45-49(60)64-46(37-24-12-5-13-25-37)44(36-22-10-4-11-23-36)56(45)47(52)38-26-14-17-29-42(38)63-31-30-57/h2-29,33,41,43-47,57-58H,30-32H2,1H3,(H,53,59)(H,54,62)/t33-,41+,43+,44+,45+,46-,47-,52+/m1/s1. The lowest BCUT2D eigenvalue weighted by Crippen LogP contribution is -2.56. The van der Waals surface area contributed by atoms with Crippen LogP contribution >= 0.6 is 0 Å². The molecule has 0 bridgehead atoms. The van der Waals surface area contributed by atoms with E-state index in [1.54, 1.807) is 72.8 Å². The number of nitrogens with zero attached hydrogens (tertiary/aromatic N) is 2. The Morgan fingerprint density at radius 2 is 1.31 bits per heavy atom. The summed E-state index contributed by atoms with van der Waals surface area (Å²) in [6.45, 7) is 1.17. The molecule has 3 aliphatic rings. The molecule has 324 valence electrons. The molecule has 2 fully saturated rings. The highest BCUT2D eigenvalue weighted by molar-refractivity contribution is 6.24. The number of ether oxygens (including phenoxy) is 2. The number of carbonyl (C=O) groups excluding carboxylic acids is 4. The maximum absolute atomic E-state index is 16.4. The van der Waals surface area contributed by atoms with Crippen molar-refractivity contribution in [3.63, 3.8) is 0 Å². The number of benzene rings is 6. The quantitative estimate of drug-likeness (QED) is 0.0948. The molecule has 8 atom stereocenters. The number of aliphatic hydroxyl groups is 2. The molecule has 1 spiro atoms. The van der Waals surface area contributed by atoms with Gasteiger partial charge in [0.1, 0.15) is 29.9 Å². The number of cyclic esters (lactones) is 1. The summed E-state index contributed by atoms with van der Waals surface area (Å²) in [5.41, 5.74) is 1.84. The van der Waals surface area contributed by atoms with Gasteiger partial charge in [0.05, 0.1) is 42.4 Å². The van der Waals surface area contributed by atoms with Gasteiger partial charge in [-0.1, -0.05) is 158 Å². The smallest absolute Gasteiger partial charge is 0.329 e. The number of carbonyl (C=O) groups is 4. The van der Waals surface area contributed by atoms with Crippen LogP contribution in [0.2, 0.25) is 0 Å². The summed E-state index contributed by atoms with van der Waals surface area (Å²) in [4.78, 5) is 65.0. The molecule has 12 heteroatoms. The number of amides is 4. The van der Waals surface area contributed by atoms with Crippen molar-refractivity contribution >= 4 is 29.5 Å². The van der Waals surface area contributed by atoms with Crippen LogP contribution in [-0.2, 0) is 24.5 Å². The number of morpholine rings is 1. The number of anilines is 1. The topological polar surface area (TPSA) is 158 Å². The Bertz CT molecular complexity index is 2630. The van der Waals surface area contributed by atoms with E-state index in [0.29, 0.717) is 28.0 Å². The predicted octanol–water partition coefficient (Wildman–Crippen LogP) is 7.04. The lowest BCUT2D eigenvalue weighted by molar-refractivity contribution is -0.178. The average Bonchev–Trinajstić information content (AvgIpc) is 3.80. The van der Waals surface area contributed by atoms with Crippen LogP contribution in [0.5, 0.6) is 5.75 Å². The Kier molecular flexibility index (Phi) is 11.8. The van der Waals surface area contributed by atoms with Gasteiger partial charge in [-0.2, -0.15) is 0 Å². The number of nitrogens with one attached hydrogen (secondary N) is 2. The second-order valence-electron chi connectivity index (χ2n) is 16.3. The van der Waals surface area contributed by atoms with E-state index in [4.69, 9.17) is 9.47 Å². The van der Waals surface area contributed by atoms with Gasteiger partial charge < -0.3 is 30.3 Å². The third kappa shape index (κ3) is 7.29. The first kappa shape index (κ1) is 42.2. The molecule has 3 heterocycles. The lowest BCUT2D eigenvalue weighted by Gasteiger charge is -2.46. The van der Waals surface area contributed by atoms with Crippen molar-refractivity contribution in [1.29, 1.82) is 0 Å². The molecule has 12 nitrogen and oxygen atoms in total. The van der Waals surface area contributed by atoms with E-state index in [0.717, 1.165) is 16.0 Å². The largest absolute Gasteiger partial charge is 0.491 e. The van der Waals surface area contributed by atoms with Crippen molar-refractivity contribution in [2.45, 2.75) is 48.7 Å². The molecule has 4 N–H and O–H groups in total. The Labute approximate surface area is 371 Å². The zero-order valence-corrected chi connectivity index (χ0v) is 35.1. The summed E-state index contributed by atoms with van der Waals surface area (Å²) in [5, 5.41) is 27.3. The monoisotopic (exact) mass is 856 g/mol. The fourth-order valence-corrected chi connectivity index (χ4v) is 10.0. The van der Waals surface area contributed by atoms with Crippen molar-refractivity contribution in [3.05, 3.63) is 203 Å². The Balaban J connectivity index is 1.30. The van der Waals surface area contributed by atoms with Gasteiger partial charge in [-0.3, -0.25) is 19.3 Å². The highest BCUT2D eigenvalue weighted by Gasteiger charge is 2.76. The van der Waals surface area contributed by atoms with E-state index >= 15 is 14.4 Å². The van der Waals surface area contributed by atoms with Crippen LogP contribution < -0.4 is 20.3 Å². The van der Waals surface area contributed by atoms with Crippen molar-refractivity contribution < 1.29 is 38.9 Å². The number of esters is 1. The summed E-state index contributed by atoms with van der Waals surface area (Å²) in [5.74, 6) is -3.41. The highest BCUT2D eigenvalue weighted by Crippen LogP contribution is 2.66. The SMILES string of the molecule is C[C@@H](NC(=O)N1C(=O)[C@@]2(c3ccccc31)[C@H](C(=O)NC[C@H](O)c1ccccc1)[C@H]1C(=O)O[C@H](c3ccccc3)[C@H](c3ccccc3)N1[C@@H]2c1ccccc1OCCO)c1ccccc1. The zero-order valence-electron chi connectivity index (χ0n) is 35.1. The molecule has 3 aliphatic heterocycles. The third-order valence-electron chi connectivity index (χ3n) is 12.7. The first-order chi connectivity index (χ1) is 31.2. The van der Waals surface area contributed by atoms with Crippen LogP contribution in [0.3, 0.4) is 0 Å². The average molecular weight is 857 g/mol. The molecule has 0 aromatic heterocycles. The van der Waals surface area contributed by atoms with E-state index in [9.17, 15) is 15.0 Å². The second kappa shape index (κ2) is 17.9. The number of para-hydroxylation sites is 2. The van der Waals surface area contributed by atoms with Gasteiger partial charge >= 0.3 is 12.0 Å². The number of hydrogen-bond donors (Lipinski definition) is 4. The fraction of sp³-hybridized carbons (Fsp3) is 0.231. The van der Waals surface area contributed by atoms with Crippen LogP contribution in [-0.4, -0.2) is 64.7 Å². The number of aliphatic hydroxyl groups excluding tert-OH is 2. The van der Waals surface area contributed by atoms with Crippen LogP contribution in [0.4, 0.5) is 10.5 Å². The Morgan fingerprint density at radius 1 is 0.734 bits per heavy atom. The molecule has 2 saturated heterocycles. The molecule has 4 amide bonds. The molecule has 0 radical (unpaired) electrons. The third-order valence-corrected chi connectivity index (χ3v) is 12.7. The van der Waals surface area contributed by atoms with Gasteiger partial charge in [0.25, 0.3) is 0 Å². The van der Waals surface area contributed by atoms with E-state index < -0.39 is 71.5 Å². The first-order valence-corrected chi connectivity index (χ1v) is 21.5. The molecular formula is C52H48N4O8. The Hall–Kier alpha value is -7.12. The van der Waals surface area contributed by atoms with E-state index in [1.807, 2.05) is 109 Å². The molecular weight excluding hydrogens is 809 g/mol. The van der Waals surface area contributed by atoms with E-state index in [-0.39, 0.29) is 25.4 Å². The van der Waals surface area contributed by atoms with Crippen LogP contribution in [0.15, 0.2) is 170 Å². The number of urea groups is 1. The van der Waals surface area contributed by atoms with Crippen molar-refractivity contribution in [3.8, 4) is 5.75 Å². The number of fused-ring (bicyclic) bond motifs is 3. The molecule has 6 aromatic rings. The van der Waals surface area contributed by atoms with Crippen molar-refractivity contribution in [2.24, 2.45) is 5.92 Å². The first-order valence-electron chi connectivity index (χ1n) is 21.5. The minimum atomic E-state index is -2.01. The van der Waals surface area contributed by atoms with Crippen molar-refractivity contribution in [1.82, 2.24) is 15.5 Å². The molecule has 9 rings (SSSR count). The second-order valence-corrected chi connectivity index (χ2v) is 16.3. The lowest BCUT2D eigenvalue weighted by atomic mass is 9.65. The minimum Gasteiger partial charge on any atom is -0.491 e. The number of hydrogen-bond acceptors (Lipinski definition) is 9. The molecule has 6 aromatic carbocycles. The van der Waals surface area contributed by atoms with Crippen LogP contribution in [0, 0.1) is 5.92 Å². The minimum absolute atomic E-state index is 0.0886. The van der Waals surface area contributed by atoms with E-state index in [1.165, 1.54) is 0 Å². The van der Waals surface area contributed by atoms with E-state index in [2.05, 4.69) is 10.6 Å². The van der Waals surface area contributed by atoms with Gasteiger partial charge in [-0.25, -0.2) is 9.69 Å². The molecule has 0 aliphatic carbocycles. The number of rotatable bonds is 12. The zero-order chi connectivity index (χ0) is 44.4. The van der Waals surface area contributed by atoms with Gasteiger partial charge in [-0.05, 0) is 46.9 Å². The summed E-state index contributed by atoms with van der Waals surface area (Å²) in [6, 6.07) is 46.4. The van der Waals surface area contributed by atoms with Gasteiger partial charge in [-0.15, -0.1) is 0 Å². The van der Waals surface area contributed by atoms with Crippen LogP contribution in [0.25, 0.3) is 0 Å². The summed E-state index contributed by atoms with van der Waals surface area (Å²) >= 11 is 0. The number of imide groups is 1. The normalized spacial score (nSPS) is 23.4. The van der Waals surface area contributed by atoms with Gasteiger partial charge in [0.15, 0.2) is 0 Å². The van der Waals surface area contributed by atoms with Gasteiger partial charge in [0, 0.05) is 12.1 Å². The summed E-state index contributed by atoms with van der Waals surface area (Å²) in [7, 11) is 0. The fourth-order valence-electron chi connectivity index (χ4n) is 10.0. The molecule has 0 unspecified atom stereocenters. The highest BCUT2D eigenvalue weighted by atomic mass is 16.6. The predicted molar refractivity (Wildman–Crippen MR) is 239 cm³/mol.